The third kappa shape index (κ3) is 2.90. The first-order valence-electron chi connectivity index (χ1n) is 6.96. The van der Waals surface area contributed by atoms with Gasteiger partial charge in [0.1, 0.15) is 17.5 Å². The Labute approximate surface area is 122 Å². The molecule has 0 atom stereocenters. The second kappa shape index (κ2) is 5.75. The zero-order valence-electron chi connectivity index (χ0n) is 11.8. The number of aromatic nitrogens is 3. The summed E-state index contributed by atoms with van der Waals surface area (Å²) in [5, 5.41) is 9.75. The Kier molecular flexibility index (Phi) is 3.82. The Bertz CT molecular complexity index is 578. The monoisotopic (exact) mass is 289 g/mol. The molecule has 0 saturated heterocycles. The molecule has 2 heterocycles. The molecule has 0 amide bonds. The highest BCUT2D eigenvalue weighted by Crippen LogP contribution is 2.39. The van der Waals surface area contributed by atoms with Gasteiger partial charge < -0.3 is 10.6 Å². The van der Waals surface area contributed by atoms with Crippen LogP contribution in [0.1, 0.15) is 35.2 Å². The lowest BCUT2D eigenvalue weighted by Crippen LogP contribution is -2.11. The number of hydrogen-bond acceptors (Lipinski definition) is 6. The normalized spacial score (nSPS) is 14.3. The lowest BCUT2D eigenvalue weighted by molar-refractivity contribution is 0.906. The van der Waals surface area contributed by atoms with Crippen molar-refractivity contribution in [2.24, 2.45) is 0 Å². The van der Waals surface area contributed by atoms with Crippen molar-refractivity contribution >= 4 is 23.0 Å². The van der Waals surface area contributed by atoms with Gasteiger partial charge in [-0.2, -0.15) is 0 Å². The SMILES string of the molecule is CNc1nc(C2CC2)nc(NCCc2nccs2)c1C. The summed E-state index contributed by atoms with van der Waals surface area (Å²) in [5.74, 6) is 3.40. The van der Waals surface area contributed by atoms with Crippen LogP contribution in [-0.4, -0.2) is 28.5 Å². The van der Waals surface area contributed by atoms with Crippen LogP contribution in [0.15, 0.2) is 11.6 Å². The number of hydrogen-bond donors (Lipinski definition) is 2. The molecule has 2 aromatic rings. The largest absolute Gasteiger partial charge is 0.373 e. The van der Waals surface area contributed by atoms with Gasteiger partial charge >= 0.3 is 0 Å². The Morgan fingerprint density at radius 1 is 1.30 bits per heavy atom. The van der Waals surface area contributed by atoms with Gasteiger partial charge in [0.2, 0.25) is 0 Å². The minimum Gasteiger partial charge on any atom is -0.373 e. The molecule has 1 aliphatic carbocycles. The van der Waals surface area contributed by atoms with E-state index in [1.807, 2.05) is 25.5 Å². The molecule has 6 heteroatoms. The van der Waals surface area contributed by atoms with Crippen molar-refractivity contribution < 1.29 is 0 Å². The summed E-state index contributed by atoms with van der Waals surface area (Å²) >= 11 is 1.69. The van der Waals surface area contributed by atoms with E-state index in [0.29, 0.717) is 5.92 Å². The molecule has 0 unspecified atom stereocenters. The maximum Gasteiger partial charge on any atom is 0.136 e. The fraction of sp³-hybridized carbons (Fsp3) is 0.500. The highest BCUT2D eigenvalue weighted by atomic mass is 32.1. The van der Waals surface area contributed by atoms with Gasteiger partial charge in [0.15, 0.2) is 0 Å². The van der Waals surface area contributed by atoms with E-state index in [-0.39, 0.29) is 0 Å². The van der Waals surface area contributed by atoms with E-state index in [9.17, 15) is 0 Å². The first-order chi connectivity index (χ1) is 9.78. The molecule has 1 aliphatic rings. The minimum atomic E-state index is 0.558. The quantitative estimate of drug-likeness (QED) is 0.856. The Morgan fingerprint density at radius 3 is 2.75 bits per heavy atom. The van der Waals surface area contributed by atoms with E-state index in [1.165, 1.54) is 12.8 Å². The van der Waals surface area contributed by atoms with Gasteiger partial charge in [0.05, 0.1) is 5.01 Å². The standard InChI is InChI=1S/C14H19N5S/c1-9-12(15-2)18-14(10-3-4-10)19-13(9)17-6-5-11-16-7-8-20-11/h7-8,10H,3-6H2,1-2H3,(H2,15,17,18,19). The summed E-state index contributed by atoms with van der Waals surface area (Å²) in [5.41, 5.74) is 1.08. The highest BCUT2D eigenvalue weighted by Gasteiger charge is 2.28. The van der Waals surface area contributed by atoms with E-state index in [2.05, 4.69) is 25.6 Å². The fourth-order valence-electron chi connectivity index (χ4n) is 2.14. The van der Waals surface area contributed by atoms with Crippen LogP contribution < -0.4 is 10.6 Å². The molecule has 20 heavy (non-hydrogen) atoms. The number of nitrogens with one attached hydrogen (secondary N) is 2. The summed E-state index contributed by atoms with van der Waals surface area (Å²) in [6.45, 7) is 2.90. The molecule has 5 nitrogen and oxygen atoms in total. The third-order valence-electron chi connectivity index (χ3n) is 3.46. The molecule has 3 rings (SSSR count). The molecular weight excluding hydrogens is 270 g/mol. The fourth-order valence-corrected chi connectivity index (χ4v) is 2.76. The Balaban J connectivity index is 1.72. The van der Waals surface area contributed by atoms with E-state index >= 15 is 0 Å². The molecular formula is C14H19N5S. The van der Waals surface area contributed by atoms with Crippen molar-refractivity contribution in [3.8, 4) is 0 Å². The number of nitrogens with zero attached hydrogens (tertiary/aromatic N) is 3. The number of anilines is 2. The lowest BCUT2D eigenvalue weighted by atomic mass is 10.2. The summed E-state index contributed by atoms with van der Waals surface area (Å²) in [6, 6.07) is 0. The maximum absolute atomic E-state index is 4.68. The molecule has 0 aliphatic heterocycles. The molecule has 2 aromatic heterocycles. The van der Waals surface area contributed by atoms with Crippen molar-refractivity contribution in [3.63, 3.8) is 0 Å². The molecule has 1 saturated carbocycles. The van der Waals surface area contributed by atoms with Crippen molar-refractivity contribution in [2.45, 2.75) is 32.1 Å². The van der Waals surface area contributed by atoms with Crippen LogP contribution in [0.4, 0.5) is 11.6 Å². The number of thiazole rings is 1. The van der Waals surface area contributed by atoms with Crippen molar-refractivity contribution in [3.05, 3.63) is 28.0 Å². The van der Waals surface area contributed by atoms with Crippen LogP contribution in [0.25, 0.3) is 0 Å². The topological polar surface area (TPSA) is 62.7 Å². The smallest absolute Gasteiger partial charge is 0.136 e. The van der Waals surface area contributed by atoms with E-state index in [0.717, 1.165) is 41.0 Å². The lowest BCUT2D eigenvalue weighted by Gasteiger charge is -2.13. The first-order valence-corrected chi connectivity index (χ1v) is 7.84. The van der Waals surface area contributed by atoms with Crippen LogP contribution in [0.5, 0.6) is 0 Å². The van der Waals surface area contributed by atoms with Crippen molar-refractivity contribution in [1.29, 1.82) is 0 Å². The first kappa shape index (κ1) is 13.3. The Morgan fingerprint density at radius 2 is 2.10 bits per heavy atom. The van der Waals surface area contributed by atoms with Gasteiger partial charge in [-0.05, 0) is 19.8 Å². The zero-order chi connectivity index (χ0) is 13.9. The second-order valence-corrected chi connectivity index (χ2v) is 6.01. The van der Waals surface area contributed by atoms with E-state index in [4.69, 9.17) is 0 Å². The van der Waals surface area contributed by atoms with Crippen LogP contribution in [0, 0.1) is 6.92 Å². The summed E-state index contributed by atoms with van der Waals surface area (Å²) in [6.07, 6.45) is 5.20. The Hall–Kier alpha value is -1.69. The van der Waals surface area contributed by atoms with E-state index < -0.39 is 0 Å². The van der Waals surface area contributed by atoms with Gasteiger partial charge in [-0.1, -0.05) is 0 Å². The zero-order valence-corrected chi connectivity index (χ0v) is 12.6. The van der Waals surface area contributed by atoms with Gasteiger partial charge in [0, 0.05) is 43.1 Å². The van der Waals surface area contributed by atoms with Crippen LogP contribution >= 0.6 is 11.3 Å². The van der Waals surface area contributed by atoms with Crippen LogP contribution in [0.3, 0.4) is 0 Å². The van der Waals surface area contributed by atoms with Gasteiger partial charge in [0.25, 0.3) is 0 Å². The van der Waals surface area contributed by atoms with Crippen molar-refractivity contribution in [2.75, 3.05) is 24.2 Å². The third-order valence-corrected chi connectivity index (χ3v) is 4.30. The average Bonchev–Trinajstić information content (AvgIpc) is 3.18. The predicted octanol–water partition coefficient (Wildman–Crippen LogP) is 2.82. The molecule has 1 fully saturated rings. The maximum atomic E-state index is 4.68. The van der Waals surface area contributed by atoms with Gasteiger partial charge in [-0.15, -0.1) is 11.3 Å². The second-order valence-electron chi connectivity index (χ2n) is 5.03. The highest BCUT2D eigenvalue weighted by molar-refractivity contribution is 7.09. The molecule has 0 spiro atoms. The van der Waals surface area contributed by atoms with Gasteiger partial charge in [-0.3, -0.25) is 0 Å². The minimum absolute atomic E-state index is 0.558. The molecule has 2 N–H and O–H groups in total. The van der Waals surface area contributed by atoms with E-state index in [1.54, 1.807) is 11.3 Å². The number of rotatable bonds is 6. The summed E-state index contributed by atoms with van der Waals surface area (Å²) in [4.78, 5) is 13.6. The summed E-state index contributed by atoms with van der Waals surface area (Å²) < 4.78 is 0. The van der Waals surface area contributed by atoms with Gasteiger partial charge in [-0.25, -0.2) is 15.0 Å². The van der Waals surface area contributed by atoms with Crippen LogP contribution in [0.2, 0.25) is 0 Å². The molecule has 0 bridgehead atoms. The molecule has 0 aromatic carbocycles. The van der Waals surface area contributed by atoms with Crippen molar-refractivity contribution in [1.82, 2.24) is 15.0 Å². The predicted molar refractivity (Wildman–Crippen MR) is 82.6 cm³/mol. The molecule has 106 valence electrons. The molecule has 0 radical (unpaired) electrons. The average molecular weight is 289 g/mol. The van der Waals surface area contributed by atoms with Crippen LogP contribution in [-0.2, 0) is 6.42 Å². The summed E-state index contributed by atoms with van der Waals surface area (Å²) in [7, 11) is 1.91.